The topological polar surface area (TPSA) is 89.0 Å². The van der Waals surface area contributed by atoms with Gasteiger partial charge < -0.3 is 20.1 Å². The Hall–Kier alpha value is -1.07. The molecule has 0 spiro atoms. The minimum atomic E-state index is -2.99. The Morgan fingerprint density at radius 1 is 1.23 bits per heavy atom. The quantitative estimate of drug-likeness (QED) is 0.221. The number of halogens is 1. The summed E-state index contributed by atoms with van der Waals surface area (Å²) in [6.07, 6.45) is 0. The Kier molecular flexibility index (Phi) is 12.6. The van der Waals surface area contributed by atoms with Crippen LogP contribution in [0.25, 0.3) is 0 Å². The van der Waals surface area contributed by atoms with Crippen molar-refractivity contribution in [1.82, 2.24) is 10.6 Å². The third-order valence-electron chi connectivity index (χ3n) is 3.58. The van der Waals surface area contributed by atoms with Crippen LogP contribution >= 0.6 is 24.0 Å². The fraction of sp³-hybridized carbons (Fsp3) is 0.588. The predicted molar refractivity (Wildman–Crippen MR) is 116 cm³/mol. The van der Waals surface area contributed by atoms with Gasteiger partial charge in [-0.15, -0.1) is 24.0 Å². The highest BCUT2D eigenvalue weighted by atomic mass is 127. The molecule has 0 aliphatic rings. The van der Waals surface area contributed by atoms with Crippen molar-refractivity contribution < 1.29 is 17.9 Å². The molecule has 0 aromatic heterocycles. The van der Waals surface area contributed by atoms with Crippen molar-refractivity contribution in [3.05, 3.63) is 29.3 Å². The van der Waals surface area contributed by atoms with Gasteiger partial charge in [-0.25, -0.2) is 8.42 Å². The molecule has 26 heavy (non-hydrogen) atoms. The lowest BCUT2D eigenvalue weighted by Gasteiger charge is -2.15. The summed E-state index contributed by atoms with van der Waals surface area (Å²) in [5.41, 5.74) is 2.11. The zero-order valence-electron chi connectivity index (χ0n) is 15.9. The number of sulfone groups is 1. The molecule has 0 bridgehead atoms. The monoisotopic (exact) mass is 499 g/mol. The Morgan fingerprint density at radius 2 is 1.96 bits per heavy atom. The number of ether oxygens (including phenoxy) is 2. The number of aryl methyl sites for hydroxylation is 1. The van der Waals surface area contributed by atoms with Gasteiger partial charge in [-0.05, 0) is 18.6 Å². The fourth-order valence-corrected chi connectivity index (χ4v) is 2.75. The third kappa shape index (κ3) is 9.58. The molecule has 0 amide bonds. The maximum Gasteiger partial charge on any atom is 0.191 e. The SMILES string of the molecule is CCS(=O)(=O)CCNC(=NC)NCc1ccc(C)cc1OCCOC.I. The van der Waals surface area contributed by atoms with Crippen LogP contribution in [0.15, 0.2) is 23.2 Å². The summed E-state index contributed by atoms with van der Waals surface area (Å²) in [6, 6.07) is 6.00. The second-order valence-electron chi connectivity index (χ2n) is 5.54. The third-order valence-corrected chi connectivity index (χ3v) is 5.29. The molecular formula is C17H30IN3O4S. The number of nitrogens with one attached hydrogen (secondary N) is 2. The number of nitrogens with zero attached hydrogens (tertiary/aromatic N) is 1. The molecule has 0 saturated heterocycles. The van der Waals surface area contributed by atoms with Crippen molar-refractivity contribution >= 4 is 39.8 Å². The number of benzene rings is 1. The van der Waals surface area contributed by atoms with Gasteiger partial charge in [0.1, 0.15) is 12.4 Å². The van der Waals surface area contributed by atoms with E-state index in [1.54, 1.807) is 21.1 Å². The van der Waals surface area contributed by atoms with Crippen LogP contribution < -0.4 is 15.4 Å². The lowest BCUT2D eigenvalue weighted by molar-refractivity contribution is 0.145. The second kappa shape index (κ2) is 13.2. The minimum absolute atomic E-state index is 0. The normalized spacial score (nSPS) is 11.6. The molecule has 1 aromatic carbocycles. The summed E-state index contributed by atoms with van der Waals surface area (Å²) in [7, 11) is 0.291. The summed E-state index contributed by atoms with van der Waals surface area (Å²) in [4.78, 5) is 4.11. The van der Waals surface area contributed by atoms with Crippen molar-refractivity contribution in [2.45, 2.75) is 20.4 Å². The summed E-state index contributed by atoms with van der Waals surface area (Å²) >= 11 is 0. The molecule has 0 unspecified atom stereocenters. The van der Waals surface area contributed by atoms with E-state index in [1.165, 1.54) is 0 Å². The molecule has 150 valence electrons. The average Bonchev–Trinajstić information content (AvgIpc) is 2.59. The molecule has 2 N–H and O–H groups in total. The van der Waals surface area contributed by atoms with Crippen molar-refractivity contribution in [1.29, 1.82) is 0 Å². The van der Waals surface area contributed by atoms with Crippen LogP contribution in [0.3, 0.4) is 0 Å². The van der Waals surface area contributed by atoms with E-state index in [0.717, 1.165) is 16.9 Å². The molecule has 9 heteroatoms. The van der Waals surface area contributed by atoms with Crippen molar-refractivity contribution in [3.8, 4) is 5.75 Å². The van der Waals surface area contributed by atoms with Gasteiger partial charge in [0.25, 0.3) is 0 Å². The Labute approximate surface area is 173 Å². The second-order valence-corrected chi connectivity index (χ2v) is 8.01. The molecule has 0 aliphatic carbocycles. The first-order chi connectivity index (χ1) is 11.9. The molecule has 0 saturated carbocycles. The van der Waals surface area contributed by atoms with Gasteiger partial charge in [0.15, 0.2) is 15.8 Å². The van der Waals surface area contributed by atoms with Gasteiger partial charge in [0.2, 0.25) is 0 Å². The average molecular weight is 499 g/mol. The Balaban J connectivity index is 0.00000625. The summed E-state index contributed by atoms with van der Waals surface area (Å²) in [5, 5.41) is 6.19. The molecule has 7 nitrogen and oxygen atoms in total. The summed E-state index contributed by atoms with van der Waals surface area (Å²) in [5.74, 6) is 1.58. The lowest BCUT2D eigenvalue weighted by Crippen LogP contribution is -2.39. The molecule has 0 fully saturated rings. The van der Waals surface area contributed by atoms with Gasteiger partial charge in [0, 0.05) is 38.6 Å². The molecule has 1 aromatic rings. The highest BCUT2D eigenvalue weighted by Gasteiger charge is 2.09. The van der Waals surface area contributed by atoms with Crippen LogP contribution in [0.1, 0.15) is 18.1 Å². The standard InChI is InChI=1S/C17H29N3O4S.HI/c1-5-25(21,22)11-8-19-17(18-3)20-13-15-7-6-14(2)12-16(15)24-10-9-23-4;/h6-7,12H,5,8-11,13H2,1-4H3,(H2,18,19,20);1H. The number of hydrogen-bond acceptors (Lipinski definition) is 5. The largest absolute Gasteiger partial charge is 0.491 e. The number of guanidine groups is 1. The summed E-state index contributed by atoms with van der Waals surface area (Å²) in [6.45, 7) is 5.49. The van der Waals surface area contributed by atoms with Gasteiger partial charge >= 0.3 is 0 Å². The van der Waals surface area contributed by atoms with E-state index in [0.29, 0.717) is 32.3 Å². The maximum atomic E-state index is 11.5. The maximum absolute atomic E-state index is 11.5. The first kappa shape index (κ1) is 24.9. The van der Waals surface area contributed by atoms with Crippen molar-refractivity contribution in [3.63, 3.8) is 0 Å². The van der Waals surface area contributed by atoms with E-state index in [2.05, 4.69) is 15.6 Å². The molecule has 0 radical (unpaired) electrons. The highest BCUT2D eigenvalue weighted by Crippen LogP contribution is 2.20. The van der Waals surface area contributed by atoms with Crippen LogP contribution in [0.4, 0.5) is 0 Å². The Morgan fingerprint density at radius 3 is 2.58 bits per heavy atom. The molecule has 0 atom stereocenters. The van der Waals surface area contributed by atoms with Crippen molar-refractivity contribution in [2.75, 3.05) is 45.4 Å². The van der Waals surface area contributed by atoms with Crippen LogP contribution in [-0.2, 0) is 21.1 Å². The predicted octanol–water partition coefficient (Wildman–Crippen LogP) is 1.74. The van der Waals surface area contributed by atoms with Crippen LogP contribution in [0.2, 0.25) is 0 Å². The van der Waals surface area contributed by atoms with Gasteiger partial charge in [0.05, 0.1) is 12.4 Å². The van der Waals surface area contributed by atoms with E-state index in [1.807, 2.05) is 25.1 Å². The molecular weight excluding hydrogens is 469 g/mol. The van der Waals surface area contributed by atoms with E-state index in [9.17, 15) is 8.42 Å². The van der Waals surface area contributed by atoms with E-state index >= 15 is 0 Å². The number of rotatable bonds is 10. The van der Waals surface area contributed by atoms with Gasteiger partial charge in [-0.3, -0.25) is 4.99 Å². The molecule has 0 aliphatic heterocycles. The summed E-state index contributed by atoms with van der Waals surface area (Å²) < 4.78 is 33.8. The van der Waals surface area contributed by atoms with E-state index in [-0.39, 0.29) is 35.5 Å². The first-order valence-electron chi connectivity index (χ1n) is 8.28. The Bertz CT molecular complexity index is 666. The number of hydrogen-bond donors (Lipinski definition) is 2. The van der Waals surface area contributed by atoms with Crippen LogP contribution in [0.5, 0.6) is 5.75 Å². The first-order valence-corrected chi connectivity index (χ1v) is 10.1. The van der Waals surface area contributed by atoms with Gasteiger partial charge in [-0.2, -0.15) is 0 Å². The van der Waals surface area contributed by atoms with E-state index in [4.69, 9.17) is 9.47 Å². The van der Waals surface area contributed by atoms with E-state index < -0.39 is 9.84 Å². The smallest absolute Gasteiger partial charge is 0.191 e. The zero-order valence-corrected chi connectivity index (χ0v) is 19.0. The van der Waals surface area contributed by atoms with Crippen LogP contribution in [-0.4, -0.2) is 59.8 Å². The highest BCUT2D eigenvalue weighted by molar-refractivity contribution is 14.0. The van der Waals surface area contributed by atoms with Crippen molar-refractivity contribution in [2.24, 2.45) is 4.99 Å². The van der Waals surface area contributed by atoms with Gasteiger partial charge in [-0.1, -0.05) is 19.1 Å². The fourth-order valence-electron chi connectivity index (χ4n) is 2.05. The molecule has 0 heterocycles. The molecule has 1 rings (SSSR count). The lowest BCUT2D eigenvalue weighted by atomic mass is 10.1. The number of aliphatic imine (C=N–C) groups is 1. The minimum Gasteiger partial charge on any atom is -0.491 e. The number of methoxy groups -OCH3 is 1. The van der Waals surface area contributed by atoms with Crippen LogP contribution in [0, 0.1) is 6.92 Å². The zero-order chi connectivity index (χ0) is 18.7.